The van der Waals surface area contributed by atoms with Crippen LogP contribution in [0, 0.1) is 6.92 Å². The van der Waals surface area contributed by atoms with E-state index in [2.05, 4.69) is 26.1 Å². The van der Waals surface area contributed by atoms with E-state index in [0.29, 0.717) is 10.7 Å². The van der Waals surface area contributed by atoms with Crippen molar-refractivity contribution in [1.82, 2.24) is 10.2 Å². The van der Waals surface area contributed by atoms with E-state index >= 15 is 0 Å². The zero-order valence-corrected chi connectivity index (χ0v) is 8.58. The van der Waals surface area contributed by atoms with Crippen molar-refractivity contribution in [3.8, 4) is 11.5 Å². The Morgan fingerprint density at radius 2 is 1.85 bits per heavy atom. The lowest BCUT2D eigenvalue weighted by Gasteiger charge is -1.94. The molecular formula is C9H7BrN2O. The maximum Gasteiger partial charge on any atom is 0.285 e. The Bertz CT molecular complexity index is 408. The smallest absolute Gasteiger partial charge is 0.285 e. The van der Waals surface area contributed by atoms with Crippen LogP contribution in [-0.4, -0.2) is 10.2 Å². The predicted molar refractivity (Wildman–Crippen MR) is 52.2 cm³/mol. The van der Waals surface area contributed by atoms with Gasteiger partial charge in [-0.25, -0.2) is 0 Å². The second kappa shape index (κ2) is 3.30. The van der Waals surface area contributed by atoms with Crippen molar-refractivity contribution in [2.45, 2.75) is 6.92 Å². The Labute approximate surface area is 83.9 Å². The first-order valence-corrected chi connectivity index (χ1v) is 4.61. The van der Waals surface area contributed by atoms with Gasteiger partial charge in [0.15, 0.2) is 0 Å². The van der Waals surface area contributed by atoms with Crippen molar-refractivity contribution < 1.29 is 4.42 Å². The number of hydrogen-bond donors (Lipinski definition) is 0. The summed E-state index contributed by atoms with van der Waals surface area (Å²) in [4.78, 5) is 0.406. The molecule has 4 heteroatoms. The number of aryl methyl sites for hydroxylation is 1. The fourth-order valence-electron chi connectivity index (χ4n) is 1.02. The van der Waals surface area contributed by atoms with Crippen molar-refractivity contribution in [3.05, 3.63) is 34.6 Å². The molecular weight excluding hydrogens is 232 g/mol. The average molecular weight is 239 g/mol. The molecule has 0 atom stereocenters. The standard InChI is InChI=1S/C9H7BrN2O/c1-6-2-4-7(5-3-6)8-11-12-9(10)13-8/h2-5H,1H3. The minimum absolute atomic E-state index is 0.406. The van der Waals surface area contributed by atoms with Crippen LogP contribution >= 0.6 is 15.9 Å². The summed E-state index contributed by atoms with van der Waals surface area (Å²) in [7, 11) is 0. The maximum atomic E-state index is 5.20. The van der Waals surface area contributed by atoms with Gasteiger partial charge >= 0.3 is 0 Å². The van der Waals surface area contributed by atoms with Gasteiger partial charge in [0.1, 0.15) is 0 Å². The van der Waals surface area contributed by atoms with Crippen molar-refractivity contribution in [1.29, 1.82) is 0 Å². The highest BCUT2D eigenvalue weighted by Gasteiger charge is 2.04. The Balaban J connectivity index is 2.41. The van der Waals surface area contributed by atoms with Gasteiger partial charge in [0, 0.05) is 21.5 Å². The first-order valence-electron chi connectivity index (χ1n) is 3.82. The molecule has 0 saturated carbocycles. The molecule has 0 aliphatic rings. The summed E-state index contributed by atoms with van der Waals surface area (Å²) < 4.78 is 5.20. The molecule has 0 bridgehead atoms. The average Bonchev–Trinajstić information content (AvgIpc) is 2.53. The second-order valence-corrected chi connectivity index (χ2v) is 3.40. The number of hydrogen-bond acceptors (Lipinski definition) is 3. The number of rotatable bonds is 1. The summed E-state index contributed by atoms with van der Waals surface area (Å²) in [6.45, 7) is 2.04. The summed E-state index contributed by atoms with van der Waals surface area (Å²) in [5.41, 5.74) is 2.14. The topological polar surface area (TPSA) is 38.9 Å². The first kappa shape index (κ1) is 8.44. The lowest BCUT2D eigenvalue weighted by Crippen LogP contribution is -1.77. The van der Waals surface area contributed by atoms with Crippen LogP contribution in [-0.2, 0) is 0 Å². The molecule has 13 heavy (non-hydrogen) atoms. The molecule has 0 amide bonds. The van der Waals surface area contributed by atoms with Crippen LogP contribution in [0.1, 0.15) is 5.56 Å². The zero-order valence-electron chi connectivity index (χ0n) is 6.99. The van der Waals surface area contributed by atoms with Gasteiger partial charge in [-0.05, 0) is 19.1 Å². The third kappa shape index (κ3) is 1.78. The second-order valence-electron chi connectivity index (χ2n) is 2.73. The highest BCUT2D eigenvalue weighted by atomic mass is 79.9. The molecule has 0 aliphatic heterocycles. The zero-order chi connectivity index (χ0) is 9.26. The van der Waals surface area contributed by atoms with Gasteiger partial charge in [0.05, 0.1) is 0 Å². The number of halogens is 1. The molecule has 0 unspecified atom stereocenters. The van der Waals surface area contributed by atoms with Crippen LogP contribution in [0.5, 0.6) is 0 Å². The van der Waals surface area contributed by atoms with Gasteiger partial charge in [0.25, 0.3) is 4.80 Å². The monoisotopic (exact) mass is 238 g/mol. The van der Waals surface area contributed by atoms with Crippen molar-refractivity contribution >= 4 is 15.9 Å². The fraction of sp³-hybridized carbons (Fsp3) is 0.111. The Hall–Kier alpha value is -1.16. The summed E-state index contributed by atoms with van der Waals surface area (Å²) in [5.74, 6) is 0.534. The number of benzene rings is 1. The predicted octanol–water partition coefficient (Wildman–Crippen LogP) is 2.81. The Morgan fingerprint density at radius 3 is 2.38 bits per heavy atom. The van der Waals surface area contributed by atoms with Crippen molar-refractivity contribution in [2.24, 2.45) is 0 Å². The molecule has 2 aromatic rings. The number of aromatic nitrogens is 2. The van der Waals surface area contributed by atoms with E-state index in [4.69, 9.17) is 4.42 Å². The Kier molecular flexibility index (Phi) is 2.14. The van der Waals surface area contributed by atoms with E-state index in [1.165, 1.54) is 5.56 Å². The lowest BCUT2D eigenvalue weighted by molar-refractivity contribution is 0.540. The van der Waals surface area contributed by atoms with Gasteiger partial charge < -0.3 is 4.42 Å². The number of nitrogens with zero attached hydrogens (tertiary/aromatic N) is 2. The van der Waals surface area contributed by atoms with Gasteiger partial charge in [-0.3, -0.25) is 0 Å². The molecule has 0 spiro atoms. The van der Waals surface area contributed by atoms with Gasteiger partial charge in [0.2, 0.25) is 5.89 Å². The van der Waals surface area contributed by atoms with Crippen LogP contribution in [0.4, 0.5) is 0 Å². The SMILES string of the molecule is Cc1ccc(-c2nnc(Br)o2)cc1. The third-order valence-electron chi connectivity index (χ3n) is 1.70. The summed E-state index contributed by atoms with van der Waals surface area (Å²) in [6.07, 6.45) is 0. The normalized spacial score (nSPS) is 10.3. The van der Waals surface area contributed by atoms with Gasteiger partial charge in [-0.15, -0.1) is 10.2 Å². The van der Waals surface area contributed by atoms with Crippen molar-refractivity contribution in [3.63, 3.8) is 0 Å². The minimum atomic E-state index is 0.406. The quantitative estimate of drug-likeness (QED) is 0.767. The highest BCUT2D eigenvalue weighted by Crippen LogP contribution is 2.19. The first-order chi connectivity index (χ1) is 6.25. The van der Waals surface area contributed by atoms with E-state index < -0.39 is 0 Å². The minimum Gasteiger partial charge on any atom is -0.411 e. The lowest BCUT2D eigenvalue weighted by atomic mass is 10.1. The molecule has 0 N–H and O–H groups in total. The third-order valence-corrected chi connectivity index (χ3v) is 2.02. The van der Waals surface area contributed by atoms with Gasteiger partial charge in [-0.2, -0.15) is 0 Å². The maximum absolute atomic E-state index is 5.20. The van der Waals surface area contributed by atoms with Crippen LogP contribution in [0.25, 0.3) is 11.5 Å². The molecule has 1 aromatic carbocycles. The Morgan fingerprint density at radius 1 is 1.15 bits per heavy atom. The van der Waals surface area contributed by atoms with E-state index in [-0.39, 0.29) is 0 Å². The van der Waals surface area contributed by atoms with Gasteiger partial charge in [-0.1, -0.05) is 17.7 Å². The van der Waals surface area contributed by atoms with Crippen LogP contribution < -0.4 is 0 Å². The van der Waals surface area contributed by atoms with E-state index in [1.807, 2.05) is 31.2 Å². The van der Waals surface area contributed by atoms with E-state index in [9.17, 15) is 0 Å². The largest absolute Gasteiger partial charge is 0.411 e. The van der Waals surface area contributed by atoms with E-state index in [1.54, 1.807) is 0 Å². The molecule has 2 rings (SSSR count). The van der Waals surface area contributed by atoms with Crippen LogP contribution in [0.3, 0.4) is 0 Å². The molecule has 1 aromatic heterocycles. The van der Waals surface area contributed by atoms with Crippen LogP contribution in [0.15, 0.2) is 33.5 Å². The molecule has 0 saturated heterocycles. The highest BCUT2D eigenvalue weighted by molar-refractivity contribution is 9.10. The van der Waals surface area contributed by atoms with E-state index in [0.717, 1.165) is 5.56 Å². The summed E-state index contributed by atoms with van der Waals surface area (Å²) in [5, 5.41) is 7.57. The summed E-state index contributed by atoms with van der Waals surface area (Å²) >= 11 is 3.10. The molecule has 0 fully saturated rings. The molecule has 3 nitrogen and oxygen atoms in total. The molecule has 1 heterocycles. The molecule has 66 valence electrons. The summed E-state index contributed by atoms with van der Waals surface area (Å²) in [6, 6.07) is 7.92. The molecule has 0 radical (unpaired) electrons. The fourth-order valence-corrected chi connectivity index (χ4v) is 1.25. The van der Waals surface area contributed by atoms with Crippen molar-refractivity contribution in [2.75, 3.05) is 0 Å². The molecule has 0 aliphatic carbocycles. The van der Waals surface area contributed by atoms with Crippen LogP contribution in [0.2, 0.25) is 0 Å².